The summed E-state index contributed by atoms with van der Waals surface area (Å²) in [6, 6.07) is 7.75. The monoisotopic (exact) mass is 180 g/mol. The van der Waals surface area contributed by atoms with Crippen molar-refractivity contribution in [1.29, 1.82) is 0 Å². The standard InChI is InChI=1S/C12H8N2/c1-2-10-4-3-5-11(6-10)12-7-13-9-14-8-12/h1,3-9H. The molecule has 0 saturated heterocycles. The van der Waals surface area contributed by atoms with Gasteiger partial charge < -0.3 is 0 Å². The zero-order valence-corrected chi connectivity index (χ0v) is 7.51. The van der Waals surface area contributed by atoms with E-state index < -0.39 is 0 Å². The maximum atomic E-state index is 5.32. The molecule has 1 heterocycles. The van der Waals surface area contributed by atoms with E-state index in [0.29, 0.717) is 0 Å². The van der Waals surface area contributed by atoms with E-state index in [0.717, 1.165) is 16.7 Å². The van der Waals surface area contributed by atoms with E-state index in [1.165, 1.54) is 6.33 Å². The third-order valence-electron chi connectivity index (χ3n) is 1.92. The summed E-state index contributed by atoms with van der Waals surface area (Å²) in [5.74, 6) is 2.60. The van der Waals surface area contributed by atoms with Crippen LogP contribution in [0.15, 0.2) is 43.0 Å². The number of benzene rings is 1. The fraction of sp³-hybridized carbons (Fsp3) is 0. The second-order valence-electron chi connectivity index (χ2n) is 2.85. The van der Waals surface area contributed by atoms with Crippen LogP contribution in [0.1, 0.15) is 5.56 Å². The largest absolute Gasteiger partial charge is 0.244 e. The van der Waals surface area contributed by atoms with Gasteiger partial charge in [0.05, 0.1) is 0 Å². The van der Waals surface area contributed by atoms with Crippen LogP contribution in [0.25, 0.3) is 11.1 Å². The Kier molecular flexibility index (Phi) is 2.24. The van der Waals surface area contributed by atoms with Gasteiger partial charge in [0.2, 0.25) is 0 Å². The smallest absolute Gasteiger partial charge is 0.115 e. The van der Waals surface area contributed by atoms with Crippen molar-refractivity contribution in [2.24, 2.45) is 0 Å². The predicted octanol–water partition coefficient (Wildman–Crippen LogP) is 2.12. The molecule has 2 aromatic rings. The fourth-order valence-corrected chi connectivity index (χ4v) is 1.24. The molecule has 2 nitrogen and oxygen atoms in total. The van der Waals surface area contributed by atoms with E-state index in [1.54, 1.807) is 12.4 Å². The van der Waals surface area contributed by atoms with Crippen LogP contribution in [0.3, 0.4) is 0 Å². The average molecular weight is 180 g/mol. The van der Waals surface area contributed by atoms with Crippen LogP contribution >= 0.6 is 0 Å². The third-order valence-corrected chi connectivity index (χ3v) is 1.92. The molecule has 2 rings (SSSR count). The summed E-state index contributed by atoms with van der Waals surface area (Å²) in [6.45, 7) is 0. The van der Waals surface area contributed by atoms with Gasteiger partial charge in [0.25, 0.3) is 0 Å². The van der Waals surface area contributed by atoms with E-state index in [1.807, 2.05) is 24.3 Å². The second kappa shape index (κ2) is 3.71. The molecule has 0 aliphatic carbocycles. The highest BCUT2D eigenvalue weighted by Gasteiger charge is 1.97. The van der Waals surface area contributed by atoms with Crippen molar-refractivity contribution in [2.75, 3.05) is 0 Å². The third kappa shape index (κ3) is 1.62. The van der Waals surface area contributed by atoms with Gasteiger partial charge in [0.1, 0.15) is 6.33 Å². The lowest BCUT2D eigenvalue weighted by atomic mass is 10.1. The number of rotatable bonds is 1. The summed E-state index contributed by atoms with van der Waals surface area (Å²) < 4.78 is 0. The van der Waals surface area contributed by atoms with E-state index in [-0.39, 0.29) is 0 Å². The van der Waals surface area contributed by atoms with Crippen molar-refractivity contribution in [3.05, 3.63) is 48.5 Å². The Balaban J connectivity index is 2.49. The highest BCUT2D eigenvalue weighted by Crippen LogP contribution is 2.17. The zero-order valence-electron chi connectivity index (χ0n) is 7.51. The van der Waals surface area contributed by atoms with Crippen LogP contribution in [-0.2, 0) is 0 Å². The molecule has 66 valence electrons. The minimum absolute atomic E-state index is 0.867. The molecule has 0 amide bonds. The van der Waals surface area contributed by atoms with Crippen molar-refractivity contribution < 1.29 is 0 Å². The molecule has 0 aliphatic heterocycles. The first-order valence-electron chi connectivity index (χ1n) is 4.22. The summed E-state index contributed by atoms with van der Waals surface area (Å²) in [5, 5.41) is 0. The molecule has 1 aromatic carbocycles. The average Bonchev–Trinajstić information content (AvgIpc) is 2.30. The minimum Gasteiger partial charge on any atom is -0.244 e. The van der Waals surface area contributed by atoms with Gasteiger partial charge in [-0.25, -0.2) is 9.97 Å². The van der Waals surface area contributed by atoms with Crippen molar-refractivity contribution in [1.82, 2.24) is 9.97 Å². The van der Waals surface area contributed by atoms with Crippen molar-refractivity contribution in [2.45, 2.75) is 0 Å². The molecule has 14 heavy (non-hydrogen) atoms. The van der Waals surface area contributed by atoms with E-state index in [9.17, 15) is 0 Å². The first-order valence-corrected chi connectivity index (χ1v) is 4.22. The highest BCUT2D eigenvalue weighted by molar-refractivity contribution is 5.63. The van der Waals surface area contributed by atoms with Gasteiger partial charge in [0, 0.05) is 23.5 Å². The van der Waals surface area contributed by atoms with Crippen molar-refractivity contribution in [3.63, 3.8) is 0 Å². The lowest BCUT2D eigenvalue weighted by Gasteiger charge is -1.99. The summed E-state index contributed by atoms with van der Waals surface area (Å²) in [5.41, 5.74) is 2.89. The van der Waals surface area contributed by atoms with E-state index >= 15 is 0 Å². The Morgan fingerprint density at radius 1 is 1.07 bits per heavy atom. The molecule has 2 heteroatoms. The number of hydrogen-bond acceptors (Lipinski definition) is 2. The molecule has 0 bridgehead atoms. The number of aromatic nitrogens is 2. The SMILES string of the molecule is C#Cc1cccc(-c2cncnc2)c1. The highest BCUT2D eigenvalue weighted by atomic mass is 14.8. The van der Waals surface area contributed by atoms with E-state index in [4.69, 9.17) is 6.42 Å². The Morgan fingerprint density at radius 2 is 1.86 bits per heavy atom. The Bertz CT molecular complexity index is 469. The van der Waals surface area contributed by atoms with Crippen LogP contribution < -0.4 is 0 Å². The first kappa shape index (κ1) is 8.46. The van der Waals surface area contributed by atoms with Crippen molar-refractivity contribution >= 4 is 0 Å². The topological polar surface area (TPSA) is 25.8 Å². The van der Waals surface area contributed by atoms with Gasteiger partial charge in [-0.15, -0.1) is 6.42 Å². The Hall–Kier alpha value is -2.14. The fourth-order valence-electron chi connectivity index (χ4n) is 1.24. The van der Waals surface area contributed by atoms with E-state index in [2.05, 4.69) is 15.9 Å². The maximum Gasteiger partial charge on any atom is 0.115 e. The van der Waals surface area contributed by atoms with Gasteiger partial charge in [0.15, 0.2) is 0 Å². The molecule has 1 aromatic heterocycles. The lowest BCUT2D eigenvalue weighted by Crippen LogP contribution is -1.82. The Labute approximate surface area is 82.7 Å². The lowest BCUT2D eigenvalue weighted by molar-refractivity contribution is 1.17. The normalized spacial score (nSPS) is 9.36. The second-order valence-corrected chi connectivity index (χ2v) is 2.85. The van der Waals surface area contributed by atoms with Gasteiger partial charge >= 0.3 is 0 Å². The molecule has 0 fully saturated rings. The van der Waals surface area contributed by atoms with Crippen LogP contribution in [0, 0.1) is 12.3 Å². The van der Waals surface area contributed by atoms with Gasteiger partial charge in [-0.05, 0) is 17.7 Å². The summed E-state index contributed by atoms with van der Waals surface area (Å²) in [4.78, 5) is 7.91. The molecule has 0 saturated carbocycles. The maximum absolute atomic E-state index is 5.32. The number of hydrogen-bond donors (Lipinski definition) is 0. The molecular formula is C12H8N2. The van der Waals surface area contributed by atoms with Crippen LogP contribution in [0.4, 0.5) is 0 Å². The molecule has 0 unspecified atom stereocenters. The molecule has 0 N–H and O–H groups in total. The van der Waals surface area contributed by atoms with Gasteiger partial charge in [-0.1, -0.05) is 18.1 Å². The van der Waals surface area contributed by atoms with Gasteiger partial charge in [-0.2, -0.15) is 0 Å². The summed E-state index contributed by atoms with van der Waals surface area (Å²) in [7, 11) is 0. The van der Waals surface area contributed by atoms with Crippen LogP contribution in [0.5, 0.6) is 0 Å². The van der Waals surface area contributed by atoms with Crippen molar-refractivity contribution in [3.8, 4) is 23.5 Å². The predicted molar refractivity (Wildman–Crippen MR) is 55.4 cm³/mol. The molecular weight excluding hydrogens is 172 g/mol. The van der Waals surface area contributed by atoms with Gasteiger partial charge in [-0.3, -0.25) is 0 Å². The summed E-state index contributed by atoms with van der Waals surface area (Å²) in [6.07, 6.45) is 10.4. The molecule has 0 atom stereocenters. The van der Waals surface area contributed by atoms with Crippen LogP contribution in [0.2, 0.25) is 0 Å². The van der Waals surface area contributed by atoms with Crippen LogP contribution in [-0.4, -0.2) is 9.97 Å². The first-order chi connectivity index (χ1) is 6.90. The molecule has 0 spiro atoms. The minimum atomic E-state index is 0.867. The zero-order chi connectivity index (χ0) is 9.80. The number of nitrogens with zero attached hydrogens (tertiary/aromatic N) is 2. The summed E-state index contributed by atoms with van der Waals surface area (Å²) >= 11 is 0. The Morgan fingerprint density at radius 3 is 2.57 bits per heavy atom. The molecule has 0 radical (unpaired) electrons. The quantitative estimate of drug-likeness (QED) is 0.628. The number of terminal acetylenes is 1. The molecule has 0 aliphatic rings.